The van der Waals surface area contributed by atoms with Crippen LogP contribution >= 0.6 is 0 Å². The summed E-state index contributed by atoms with van der Waals surface area (Å²) in [6, 6.07) is 2.61. The number of nitrogens with two attached hydrogens (primary N) is 1. The van der Waals surface area contributed by atoms with Crippen molar-refractivity contribution in [3.05, 3.63) is 11.9 Å². The zero-order valence-electron chi connectivity index (χ0n) is 9.69. The van der Waals surface area contributed by atoms with Gasteiger partial charge in [-0.3, -0.25) is 0 Å². The number of aromatic nitrogens is 2. The van der Waals surface area contributed by atoms with Crippen LogP contribution in [0.5, 0.6) is 0 Å². The summed E-state index contributed by atoms with van der Waals surface area (Å²) in [6.45, 7) is 3.22. The maximum Gasteiger partial charge on any atom is 0.134 e. The molecule has 2 aliphatic rings. The maximum absolute atomic E-state index is 5.82. The Morgan fingerprint density at radius 3 is 2.94 bits per heavy atom. The molecule has 2 heterocycles. The number of rotatable bonds is 2. The van der Waals surface area contributed by atoms with Crippen LogP contribution in [0.25, 0.3) is 0 Å². The van der Waals surface area contributed by atoms with Gasteiger partial charge in [-0.05, 0) is 25.2 Å². The monoisotopic (exact) mass is 218 g/mol. The topological polar surface area (TPSA) is 55.0 Å². The predicted octanol–water partition coefficient (Wildman–Crippen LogP) is 1.61. The third-order valence-electron chi connectivity index (χ3n) is 3.80. The molecule has 1 aromatic heterocycles. The van der Waals surface area contributed by atoms with E-state index in [0.29, 0.717) is 11.9 Å². The molecule has 1 saturated heterocycles. The first kappa shape index (κ1) is 9.87. The van der Waals surface area contributed by atoms with Gasteiger partial charge >= 0.3 is 0 Å². The summed E-state index contributed by atoms with van der Waals surface area (Å²) in [5, 5.41) is 0. The molecule has 1 saturated carbocycles. The van der Waals surface area contributed by atoms with Crippen LogP contribution in [-0.4, -0.2) is 22.6 Å². The molecule has 0 spiro atoms. The van der Waals surface area contributed by atoms with Gasteiger partial charge in [0.2, 0.25) is 0 Å². The first-order valence-electron chi connectivity index (χ1n) is 6.16. The standard InChI is InChI=1S/C12H18N4/c1-2-11-14-10(13)6-12(15-11)16-7-8-3-4-9(16)5-8/h6,8-9H,2-5,7H2,1H3,(H2,13,14,15). The van der Waals surface area contributed by atoms with Gasteiger partial charge in [0.1, 0.15) is 17.5 Å². The summed E-state index contributed by atoms with van der Waals surface area (Å²) in [6.07, 6.45) is 4.89. The normalized spacial score (nSPS) is 27.7. The number of nitrogens with zero attached hydrogens (tertiary/aromatic N) is 3. The first-order chi connectivity index (χ1) is 7.76. The third-order valence-corrected chi connectivity index (χ3v) is 3.80. The van der Waals surface area contributed by atoms with Gasteiger partial charge in [-0.2, -0.15) is 0 Å². The second-order valence-corrected chi connectivity index (χ2v) is 4.91. The quantitative estimate of drug-likeness (QED) is 0.819. The third kappa shape index (κ3) is 1.52. The Hall–Kier alpha value is -1.32. The summed E-state index contributed by atoms with van der Waals surface area (Å²) < 4.78 is 0. The number of piperidine rings is 1. The number of hydrogen-bond donors (Lipinski definition) is 1. The van der Waals surface area contributed by atoms with E-state index in [1.165, 1.54) is 19.3 Å². The minimum Gasteiger partial charge on any atom is -0.384 e. The van der Waals surface area contributed by atoms with Gasteiger partial charge in [-0.15, -0.1) is 0 Å². The summed E-state index contributed by atoms with van der Waals surface area (Å²) in [7, 11) is 0. The maximum atomic E-state index is 5.82. The lowest BCUT2D eigenvalue weighted by atomic mass is 10.1. The van der Waals surface area contributed by atoms with Crippen molar-refractivity contribution in [1.82, 2.24) is 9.97 Å². The molecule has 2 atom stereocenters. The number of anilines is 2. The number of nitrogen functional groups attached to an aromatic ring is 1. The smallest absolute Gasteiger partial charge is 0.134 e. The predicted molar refractivity (Wildman–Crippen MR) is 64.3 cm³/mol. The van der Waals surface area contributed by atoms with Crippen molar-refractivity contribution in [3.63, 3.8) is 0 Å². The Bertz CT molecular complexity index is 404. The van der Waals surface area contributed by atoms with Crippen LogP contribution < -0.4 is 10.6 Å². The van der Waals surface area contributed by atoms with Crippen LogP contribution in [0, 0.1) is 5.92 Å². The van der Waals surface area contributed by atoms with E-state index in [9.17, 15) is 0 Å². The molecule has 4 nitrogen and oxygen atoms in total. The van der Waals surface area contributed by atoms with Crippen LogP contribution in [0.4, 0.5) is 11.6 Å². The molecule has 0 aromatic carbocycles. The van der Waals surface area contributed by atoms with E-state index in [0.717, 1.165) is 30.5 Å². The summed E-state index contributed by atoms with van der Waals surface area (Å²) in [5.74, 6) is 3.38. The number of fused-ring (bicyclic) bond motifs is 2. The minimum absolute atomic E-state index is 0.602. The Morgan fingerprint density at radius 1 is 1.44 bits per heavy atom. The highest BCUT2D eigenvalue weighted by atomic mass is 15.3. The van der Waals surface area contributed by atoms with Crippen molar-refractivity contribution in [2.24, 2.45) is 5.92 Å². The molecule has 3 rings (SSSR count). The van der Waals surface area contributed by atoms with Crippen molar-refractivity contribution in [2.75, 3.05) is 17.2 Å². The highest BCUT2D eigenvalue weighted by Gasteiger charge is 2.38. The molecule has 1 aromatic rings. The molecule has 2 N–H and O–H groups in total. The van der Waals surface area contributed by atoms with E-state index in [4.69, 9.17) is 5.73 Å². The van der Waals surface area contributed by atoms with Crippen LogP contribution in [-0.2, 0) is 6.42 Å². The summed E-state index contributed by atoms with van der Waals surface area (Å²) >= 11 is 0. The highest BCUT2D eigenvalue weighted by molar-refractivity contribution is 5.49. The van der Waals surface area contributed by atoms with Gasteiger partial charge in [0.15, 0.2) is 0 Å². The Labute approximate surface area is 95.9 Å². The van der Waals surface area contributed by atoms with Gasteiger partial charge in [-0.1, -0.05) is 6.92 Å². The van der Waals surface area contributed by atoms with E-state index in [1.54, 1.807) is 0 Å². The molecule has 1 aliphatic heterocycles. The lowest BCUT2D eigenvalue weighted by Crippen LogP contribution is -2.32. The second-order valence-electron chi connectivity index (χ2n) is 4.91. The van der Waals surface area contributed by atoms with E-state index in [1.807, 2.05) is 6.07 Å². The minimum atomic E-state index is 0.602. The molecule has 2 fully saturated rings. The van der Waals surface area contributed by atoms with Crippen LogP contribution in [0.1, 0.15) is 32.0 Å². The Balaban J connectivity index is 1.91. The van der Waals surface area contributed by atoms with Crippen molar-refractivity contribution in [3.8, 4) is 0 Å². The first-order valence-corrected chi connectivity index (χ1v) is 6.16. The molecular formula is C12H18N4. The van der Waals surface area contributed by atoms with Crippen molar-refractivity contribution in [1.29, 1.82) is 0 Å². The van der Waals surface area contributed by atoms with Crippen molar-refractivity contribution >= 4 is 11.6 Å². The van der Waals surface area contributed by atoms with Gasteiger partial charge in [-0.25, -0.2) is 9.97 Å². The lowest BCUT2D eigenvalue weighted by molar-refractivity contribution is 0.549. The van der Waals surface area contributed by atoms with Crippen molar-refractivity contribution < 1.29 is 0 Å². The molecule has 4 heteroatoms. The van der Waals surface area contributed by atoms with Crippen molar-refractivity contribution in [2.45, 2.75) is 38.6 Å². The van der Waals surface area contributed by atoms with Gasteiger partial charge in [0, 0.05) is 25.1 Å². The largest absolute Gasteiger partial charge is 0.384 e. The van der Waals surface area contributed by atoms with Crippen LogP contribution in [0.2, 0.25) is 0 Å². The van der Waals surface area contributed by atoms with E-state index >= 15 is 0 Å². The number of hydrogen-bond acceptors (Lipinski definition) is 4. The Kier molecular flexibility index (Phi) is 2.23. The molecular weight excluding hydrogens is 200 g/mol. The lowest BCUT2D eigenvalue weighted by Gasteiger charge is -2.28. The fraction of sp³-hybridized carbons (Fsp3) is 0.667. The van der Waals surface area contributed by atoms with E-state index < -0.39 is 0 Å². The summed E-state index contributed by atoms with van der Waals surface area (Å²) in [5.41, 5.74) is 5.82. The zero-order valence-corrected chi connectivity index (χ0v) is 9.69. The fourth-order valence-corrected chi connectivity index (χ4v) is 3.01. The molecule has 2 bridgehead atoms. The second kappa shape index (κ2) is 3.61. The Morgan fingerprint density at radius 2 is 2.31 bits per heavy atom. The molecule has 0 radical (unpaired) electrons. The average molecular weight is 218 g/mol. The summed E-state index contributed by atoms with van der Waals surface area (Å²) in [4.78, 5) is 11.2. The van der Waals surface area contributed by atoms with E-state index in [-0.39, 0.29) is 0 Å². The van der Waals surface area contributed by atoms with E-state index in [2.05, 4.69) is 21.8 Å². The molecule has 1 aliphatic carbocycles. The van der Waals surface area contributed by atoms with Gasteiger partial charge in [0.05, 0.1) is 0 Å². The van der Waals surface area contributed by atoms with Crippen LogP contribution in [0.3, 0.4) is 0 Å². The van der Waals surface area contributed by atoms with Gasteiger partial charge < -0.3 is 10.6 Å². The fourth-order valence-electron chi connectivity index (χ4n) is 3.01. The molecule has 0 amide bonds. The molecule has 2 unspecified atom stereocenters. The number of aryl methyl sites for hydroxylation is 1. The van der Waals surface area contributed by atoms with Gasteiger partial charge in [0.25, 0.3) is 0 Å². The molecule has 16 heavy (non-hydrogen) atoms. The zero-order chi connectivity index (χ0) is 11.1. The molecule has 86 valence electrons. The van der Waals surface area contributed by atoms with Crippen LogP contribution in [0.15, 0.2) is 6.07 Å². The average Bonchev–Trinajstić information content (AvgIpc) is 2.89. The highest BCUT2D eigenvalue weighted by Crippen LogP contribution is 2.39. The SMILES string of the molecule is CCc1nc(N)cc(N2CC3CCC2C3)n1.